The number of hydrogen-bond acceptors (Lipinski definition) is 4. The van der Waals surface area contributed by atoms with Gasteiger partial charge in [-0.15, -0.1) is 0 Å². The van der Waals surface area contributed by atoms with Crippen molar-refractivity contribution >= 4 is 29.7 Å². The maximum atomic E-state index is 13.3. The van der Waals surface area contributed by atoms with Crippen LogP contribution in [0.25, 0.3) is 11.3 Å². The molecule has 1 aliphatic carbocycles. The highest BCUT2D eigenvalue weighted by atomic mass is 35.5. The average molecular weight is 344 g/mol. The lowest BCUT2D eigenvalue weighted by Crippen LogP contribution is -2.00. The fourth-order valence-electron chi connectivity index (χ4n) is 2.40. The molecule has 4 nitrogen and oxygen atoms in total. The van der Waals surface area contributed by atoms with Crippen molar-refractivity contribution in [3.05, 3.63) is 39.3 Å². The molecule has 7 heteroatoms. The van der Waals surface area contributed by atoms with Gasteiger partial charge in [-0.2, -0.15) is 0 Å². The number of hydrogen-bond donors (Lipinski definition) is 0. The molecule has 0 N–H and O–H groups in total. The van der Waals surface area contributed by atoms with Gasteiger partial charge in [-0.25, -0.2) is 4.39 Å². The molecule has 0 saturated heterocycles. The van der Waals surface area contributed by atoms with Gasteiger partial charge >= 0.3 is 0 Å². The van der Waals surface area contributed by atoms with E-state index < -0.39 is 5.82 Å². The standard InChI is InChI=1S/C15H12Cl2FNO3/c16-11-5-9(18)6-12(17)13(11)14-10(3-4-21-7-20)15(22-19-14)8-1-2-8/h5-8H,1-4H2. The van der Waals surface area contributed by atoms with Crippen molar-refractivity contribution < 1.29 is 18.4 Å². The van der Waals surface area contributed by atoms with Gasteiger partial charge in [0, 0.05) is 23.5 Å². The summed E-state index contributed by atoms with van der Waals surface area (Å²) in [4.78, 5) is 10.3. The van der Waals surface area contributed by atoms with E-state index in [0.29, 0.717) is 30.1 Å². The normalized spacial score (nSPS) is 14.1. The van der Waals surface area contributed by atoms with Crippen LogP contribution in [-0.2, 0) is 16.0 Å². The molecule has 0 atom stereocenters. The highest BCUT2D eigenvalue weighted by molar-refractivity contribution is 6.39. The summed E-state index contributed by atoms with van der Waals surface area (Å²) in [6.45, 7) is 0.593. The summed E-state index contributed by atoms with van der Waals surface area (Å²) >= 11 is 12.2. The summed E-state index contributed by atoms with van der Waals surface area (Å²) < 4.78 is 23.5. The number of ether oxygens (including phenoxy) is 1. The fraction of sp³-hybridized carbons (Fsp3) is 0.333. The van der Waals surface area contributed by atoms with Gasteiger partial charge in [-0.1, -0.05) is 28.4 Å². The summed E-state index contributed by atoms with van der Waals surface area (Å²) in [5.41, 5.74) is 1.72. The Morgan fingerprint density at radius 2 is 2.05 bits per heavy atom. The van der Waals surface area contributed by atoms with E-state index in [1.165, 1.54) is 12.1 Å². The van der Waals surface area contributed by atoms with Crippen molar-refractivity contribution in [1.29, 1.82) is 0 Å². The predicted molar refractivity (Wildman–Crippen MR) is 79.6 cm³/mol. The lowest BCUT2D eigenvalue weighted by atomic mass is 10.0. The Bertz CT molecular complexity index is 690. The Kier molecular flexibility index (Phi) is 4.36. The van der Waals surface area contributed by atoms with E-state index in [1.807, 2.05) is 0 Å². The van der Waals surface area contributed by atoms with Gasteiger partial charge in [0.1, 0.15) is 17.3 Å². The number of nitrogens with zero attached hydrogens (tertiary/aromatic N) is 1. The molecule has 1 aliphatic rings. The molecule has 0 bridgehead atoms. The number of carbonyl (C=O) groups is 1. The molecular weight excluding hydrogens is 332 g/mol. The van der Waals surface area contributed by atoms with E-state index >= 15 is 0 Å². The molecule has 22 heavy (non-hydrogen) atoms. The van der Waals surface area contributed by atoms with Crippen LogP contribution in [0.15, 0.2) is 16.7 Å². The molecule has 0 radical (unpaired) electrons. The van der Waals surface area contributed by atoms with E-state index in [4.69, 9.17) is 32.5 Å². The molecule has 116 valence electrons. The van der Waals surface area contributed by atoms with Crippen molar-refractivity contribution in [3.63, 3.8) is 0 Å². The molecule has 0 amide bonds. The summed E-state index contributed by atoms with van der Waals surface area (Å²) in [6.07, 6.45) is 2.50. The van der Waals surface area contributed by atoms with Crippen LogP contribution in [0.2, 0.25) is 10.0 Å². The Hall–Kier alpha value is -1.59. The van der Waals surface area contributed by atoms with Gasteiger partial charge in [0.15, 0.2) is 0 Å². The van der Waals surface area contributed by atoms with Gasteiger partial charge in [-0.3, -0.25) is 4.79 Å². The third-order valence-electron chi connectivity index (χ3n) is 3.55. The first-order valence-electron chi connectivity index (χ1n) is 6.80. The Balaban J connectivity index is 2.04. The van der Waals surface area contributed by atoms with Crippen molar-refractivity contribution in [2.24, 2.45) is 0 Å². The highest BCUT2D eigenvalue weighted by Crippen LogP contribution is 2.46. The number of carbonyl (C=O) groups excluding carboxylic acids is 1. The predicted octanol–water partition coefficient (Wildman–Crippen LogP) is 4.38. The third kappa shape index (κ3) is 2.96. The molecule has 0 spiro atoms. The van der Waals surface area contributed by atoms with Gasteiger partial charge in [0.2, 0.25) is 0 Å². The van der Waals surface area contributed by atoms with Gasteiger partial charge in [0.05, 0.1) is 16.7 Å². The van der Waals surface area contributed by atoms with Crippen molar-refractivity contribution in [2.45, 2.75) is 25.2 Å². The van der Waals surface area contributed by atoms with E-state index in [-0.39, 0.29) is 16.7 Å². The third-order valence-corrected chi connectivity index (χ3v) is 4.14. The summed E-state index contributed by atoms with van der Waals surface area (Å²) in [5, 5.41) is 4.40. The number of halogens is 3. The molecule has 1 aromatic carbocycles. The maximum absolute atomic E-state index is 13.3. The smallest absolute Gasteiger partial charge is 0.293 e. The van der Waals surface area contributed by atoms with Crippen LogP contribution >= 0.6 is 23.2 Å². The van der Waals surface area contributed by atoms with Crippen LogP contribution in [0, 0.1) is 5.82 Å². The first kappa shape index (κ1) is 15.3. The van der Waals surface area contributed by atoms with Crippen LogP contribution in [0.3, 0.4) is 0 Å². The number of aromatic nitrogens is 1. The first-order chi connectivity index (χ1) is 10.6. The van der Waals surface area contributed by atoms with Crippen molar-refractivity contribution in [3.8, 4) is 11.3 Å². The monoisotopic (exact) mass is 343 g/mol. The van der Waals surface area contributed by atoms with Crippen LogP contribution in [0.4, 0.5) is 4.39 Å². The van der Waals surface area contributed by atoms with Crippen LogP contribution in [0.1, 0.15) is 30.1 Å². The first-order valence-corrected chi connectivity index (χ1v) is 7.56. The Morgan fingerprint density at radius 3 is 2.64 bits per heavy atom. The Labute approximate surface area is 136 Å². The van der Waals surface area contributed by atoms with E-state index in [0.717, 1.165) is 24.2 Å². The van der Waals surface area contributed by atoms with Gasteiger partial charge in [0.25, 0.3) is 6.47 Å². The van der Waals surface area contributed by atoms with Gasteiger partial charge in [-0.05, 0) is 25.0 Å². The summed E-state index contributed by atoms with van der Waals surface area (Å²) in [6, 6.07) is 2.36. The topological polar surface area (TPSA) is 52.3 Å². The van der Waals surface area contributed by atoms with E-state index in [9.17, 15) is 9.18 Å². The van der Waals surface area contributed by atoms with Crippen LogP contribution in [0.5, 0.6) is 0 Å². The minimum Gasteiger partial charge on any atom is -0.468 e. The number of benzene rings is 1. The summed E-state index contributed by atoms with van der Waals surface area (Å²) in [5.74, 6) is 0.571. The molecule has 0 unspecified atom stereocenters. The lowest BCUT2D eigenvalue weighted by molar-refractivity contribution is -0.128. The maximum Gasteiger partial charge on any atom is 0.293 e. The second-order valence-electron chi connectivity index (χ2n) is 5.11. The van der Waals surface area contributed by atoms with E-state index in [1.54, 1.807) is 0 Å². The van der Waals surface area contributed by atoms with Crippen molar-refractivity contribution in [1.82, 2.24) is 5.16 Å². The molecule has 0 aliphatic heterocycles. The second kappa shape index (κ2) is 6.26. The van der Waals surface area contributed by atoms with Crippen LogP contribution in [-0.4, -0.2) is 18.2 Å². The Morgan fingerprint density at radius 1 is 1.36 bits per heavy atom. The van der Waals surface area contributed by atoms with E-state index in [2.05, 4.69) is 5.16 Å². The van der Waals surface area contributed by atoms with Gasteiger partial charge < -0.3 is 9.26 Å². The minimum absolute atomic E-state index is 0.165. The molecule has 1 fully saturated rings. The average Bonchev–Trinajstić information content (AvgIpc) is 3.21. The quantitative estimate of drug-likeness (QED) is 0.576. The second-order valence-corrected chi connectivity index (χ2v) is 5.92. The van der Waals surface area contributed by atoms with Crippen molar-refractivity contribution in [2.75, 3.05) is 6.61 Å². The lowest BCUT2D eigenvalue weighted by Gasteiger charge is -2.07. The molecule has 1 saturated carbocycles. The number of rotatable bonds is 6. The van der Waals surface area contributed by atoms with Crippen LogP contribution < -0.4 is 0 Å². The zero-order chi connectivity index (χ0) is 15.7. The molecule has 1 heterocycles. The summed E-state index contributed by atoms with van der Waals surface area (Å²) in [7, 11) is 0. The molecule has 3 rings (SSSR count). The highest BCUT2D eigenvalue weighted by Gasteiger charge is 2.33. The molecule has 2 aromatic rings. The minimum atomic E-state index is -0.518. The molecular formula is C15H12Cl2FNO3. The fourth-order valence-corrected chi connectivity index (χ4v) is 3.04. The largest absolute Gasteiger partial charge is 0.468 e. The zero-order valence-corrected chi connectivity index (χ0v) is 13.0. The zero-order valence-electron chi connectivity index (χ0n) is 11.4. The molecule has 1 aromatic heterocycles. The SMILES string of the molecule is O=COCCc1c(-c2c(Cl)cc(F)cc2Cl)noc1C1CC1.